The summed E-state index contributed by atoms with van der Waals surface area (Å²) >= 11 is 1.24. The zero-order chi connectivity index (χ0) is 17.1. The van der Waals surface area contributed by atoms with E-state index in [9.17, 15) is 9.59 Å². The zero-order valence-corrected chi connectivity index (χ0v) is 13.9. The number of anilines is 2. The molecule has 1 saturated heterocycles. The fourth-order valence-corrected chi connectivity index (χ4v) is 3.82. The van der Waals surface area contributed by atoms with E-state index in [0.29, 0.717) is 5.00 Å². The van der Waals surface area contributed by atoms with E-state index in [4.69, 9.17) is 11.5 Å². The standard InChI is InChI=1S/C16H19N5O2S/c17-14(22)11-8-12(24-15(11)20-16(18)23)10-4-5-13(19-9-10)21-6-2-1-3-7-21/h4-5,8-9H,1-3,6-7H2,(H2,17,22)(H3,18,20,23). The van der Waals surface area contributed by atoms with E-state index in [1.54, 1.807) is 12.3 Å². The minimum atomic E-state index is -0.732. The molecule has 3 amide bonds. The van der Waals surface area contributed by atoms with Crippen molar-refractivity contribution in [3.05, 3.63) is 30.0 Å². The lowest BCUT2D eigenvalue weighted by Gasteiger charge is -2.27. The van der Waals surface area contributed by atoms with E-state index in [2.05, 4.69) is 15.2 Å². The van der Waals surface area contributed by atoms with Crippen molar-refractivity contribution in [1.29, 1.82) is 0 Å². The molecule has 2 aromatic rings. The Balaban J connectivity index is 1.85. The topological polar surface area (TPSA) is 114 Å². The van der Waals surface area contributed by atoms with E-state index < -0.39 is 11.9 Å². The lowest BCUT2D eigenvalue weighted by molar-refractivity contribution is 0.100. The van der Waals surface area contributed by atoms with Crippen LogP contribution in [0.1, 0.15) is 29.6 Å². The molecule has 126 valence electrons. The molecule has 1 aliphatic rings. The average Bonchev–Trinajstić information content (AvgIpc) is 2.99. The van der Waals surface area contributed by atoms with Gasteiger partial charge in [0.15, 0.2) is 0 Å². The number of amides is 3. The third-order valence-corrected chi connectivity index (χ3v) is 5.05. The van der Waals surface area contributed by atoms with Gasteiger partial charge in [-0.15, -0.1) is 11.3 Å². The summed E-state index contributed by atoms with van der Waals surface area (Å²) in [5.74, 6) is 0.347. The molecule has 0 unspecified atom stereocenters. The van der Waals surface area contributed by atoms with Crippen molar-refractivity contribution in [3.8, 4) is 10.4 Å². The second kappa shape index (κ2) is 6.88. The first kappa shape index (κ1) is 16.3. The smallest absolute Gasteiger partial charge is 0.317 e. The quantitative estimate of drug-likeness (QED) is 0.789. The fraction of sp³-hybridized carbons (Fsp3) is 0.312. The summed E-state index contributed by atoms with van der Waals surface area (Å²) in [6, 6.07) is 4.85. The predicted molar refractivity (Wildman–Crippen MR) is 95.3 cm³/mol. The molecule has 3 heterocycles. The van der Waals surface area contributed by atoms with Crippen molar-refractivity contribution < 1.29 is 9.59 Å². The molecule has 0 atom stereocenters. The van der Waals surface area contributed by atoms with Gasteiger partial charge >= 0.3 is 6.03 Å². The fourth-order valence-electron chi connectivity index (χ4n) is 2.76. The van der Waals surface area contributed by atoms with Gasteiger partial charge in [0.25, 0.3) is 5.91 Å². The number of pyridine rings is 1. The van der Waals surface area contributed by atoms with Gasteiger partial charge in [-0.3, -0.25) is 10.1 Å². The number of urea groups is 1. The number of rotatable bonds is 4. The van der Waals surface area contributed by atoms with Crippen molar-refractivity contribution in [3.63, 3.8) is 0 Å². The Labute approximate surface area is 143 Å². The van der Waals surface area contributed by atoms with Crippen LogP contribution in [0.5, 0.6) is 0 Å². The molecule has 0 saturated carbocycles. The highest BCUT2D eigenvalue weighted by Crippen LogP contribution is 2.35. The first-order valence-electron chi connectivity index (χ1n) is 7.76. The molecule has 2 aromatic heterocycles. The Bertz CT molecular complexity index is 750. The monoisotopic (exact) mass is 345 g/mol. The third-order valence-electron chi connectivity index (χ3n) is 3.95. The molecular formula is C16H19N5O2S. The Morgan fingerprint density at radius 1 is 1.17 bits per heavy atom. The van der Waals surface area contributed by atoms with Crippen LogP contribution in [0, 0.1) is 0 Å². The van der Waals surface area contributed by atoms with Crippen LogP contribution in [0.15, 0.2) is 24.4 Å². The number of aromatic nitrogens is 1. The Morgan fingerprint density at radius 2 is 1.92 bits per heavy atom. The van der Waals surface area contributed by atoms with Crippen LogP contribution < -0.4 is 21.7 Å². The van der Waals surface area contributed by atoms with Crippen LogP contribution in [0.3, 0.4) is 0 Å². The number of nitrogens with two attached hydrogens (primary N) is 2. The van der Waals surface area contributed by atoms with Gasteiger partial charge in [0, 0.05) is 29.7 Å². The molecule has 5 N–H and O–H groups in total. The summed E-state index contributed by atoms with van der Waals surface area (Å²) in [7, 11) is 0. The molecule has 0 bridgehead atoms. The van der Waals surface area contributed by atoms with Crippen molar-refractivity contribution in [2.75, 3.05) is 23.3 Å². The number of primary amides is 2. The molecule has 8 heteroatoms. The first-order valence-corrected chi connectivity index (χ1v) is 8.57. The van der Waals surface area contributed by atoms with Crippen molar-refractivity contribution in [2.24, 2.45) is 11.5 Å². The molecule has 1 fully saturated rings. The molecule has 0 spiro atoms. The zero-order valence-electron chi connectivity index (χ0n) is 13.1. The van der Waals surface area contributed by atoms with E-state index in [0.717, 1.165) is 29.3 Å². The van der Waals surface area contributed by atoms with Gasteiger partial charge in [-0.25, -0.2) is 9.78 Å². The number of carbonyl (C=O) groups excluding carboxylic acids is 2. The first-order chi connectivity index (χ1) is 11.5. The molecule has 24 heavy (non-hydrogen) atoms. The van der Waals surface area contributed by atoms with Crippen LogP contribution in [0.25, 0.3) is 10.4 Å². The Hall–Kier alpha value is -2.61. The van der Waals surface area contributed by atoms with Gasteiger partial charge in [0.1, 0.15) is 10.8 Å². The van der Waals surface area contributed by atoms with E-state index in [1.807, 2.05) is 12.1 Å². The highest BCUT2D eigenvalue weighted by molar-refractivity contribution is 7.20. The number of carbonyl (C=O) groups is 2. The van der Waals surface area contributed by atoms with Gasteiger partial charge in [-0.1, -0.05) is 0 Å². The number of nitrogens with one attached hydrogen (secondary N) is 1. The summed E-state index contributed by atoms with van der Waals surface area (Å²) < 4.78 is 0. The SMILES string of the molecule is NC(=O)Nc1sc(-c2ccc(N3CCCCC3)nc2)cc1C(N)=O. The number of hydrogen-bond acceptors (Lipinski definition) is 5. The predicted octanol–water partition coefficient (Wildman–Crippen LogP) is 2.39. The molecule has 7 nitrogen and oxygen atoms in total. The minimum absolute atomic E-state index is 0.244. The van der Waals surface area contributed by atoms with Gasteiger partial charge in [-0.2, -0.15) is 0 Å². The highest BCUT2D eigenvalue weighted by atomic mass is 32.1. The van der Waals surface area contributed by atoms with E-state index in [1.165, 1.54) is 30.6 Å². The second-order valence-corrected chi connectivity index (χ2v) is 6.71. The van der Waals surface area contributed by atoms with Crippen LogP contribution in [-0.2, 0) is 0 Å². The molecule has 0 aliphatic carbocycles. The minimum Gasteiger partial charge on any atom is -0.366 e. The summed E-state index contributed by atoms with van der Waals surface area (Å²) in [6.07, 6.45) is 5.43. The van der Waals surface area contributed by atoms with Crippen molar-refractivity contribution in [1.82, 2.24) is 4.98 Å². The van der Waals surface area contributed by atoms with Crippen molar-refractivity contribution in [2.45, 2.75) is 19.3 Å². The molecule has 3 rings (SSSR count). The van der Waals surface area contributed by atoms with E-state index in [-0.39, 0.29) is 5.56 Å². The van der Waals surface area contributed by atoms with Crippen LogP contribution in [-0.4, -0.2) is 30.0 Å². The molecule has 0 aromatic carbocycles. The van der Waals surface area contributed by atoms with E-state index >= 15 is 0 Å². The molecule has 0 radical (unpaired) electrons. The number of nitrogens with zero attached hydrogens (tertiary/aromatic N) is 2. The second-order valence-electron chi connectivity index (χ2n) is 5.66. The number of hydrogen-bond donors (Lipinski definition) is 3. The maximum Gasteiger partial charge on any atom is 0.317 e. The summed E-state index contributed by atoms with van der Waals surface area (Å²) in [6.45, 7) is 2.06. The molecular weight excluding hydrogens is 326 g/mol. The summed E-state index contributed by atoms with van der Waals surface area (Å²) in [5, 5.41) is 2.79. The Kier molecular flexibility index (Phi) is 4.66. The van der Waals surface area contributed by atoms with Crippen molar-refractivity contribution >= 4 is 34.1 Å². The van der Waals surface area contributed by atoms with Gasteiger partial charge < -0.3 is 16.4 Å². The lowest BCUT2D eigenvalue weighted by Crippen LogP contribution is -2.29. The maximum atomic E-state index is 11.5. The third kappa shape index (κ3) is 3.48. The van der Waals surface area contributed by atoms with Gasteiger partial charge in [0.2, 0.25) is 0 Å². The van der Waals surface area contributed by atoms with Crippen LogP contribution in [0.2, 0.25) is 0 Å². The number of piperidine rings is 1. The van der Waals surface area contributed by atoms with Gasteiger partial charge in [0.05, 0.1) is 5.56 Å². The van der Waals surface area contributed by atoms with Gasteiger partial charge in [-0.05, 0) is 37.5 Å². The maximum absolute atomic E-state index is 11.5. The molecule has 1 aliphatic heterocycles. The Morgan fingerprint density at radius 3 is 2.50 bits per heavy atom. The average molecular weight is 345 g/mol. The number of thiophene rings is 1. The summed E-state index contributed by atoms with van der Waals surface area (Å²) in [4.78, 5) is 30.2. The summed E-state index contributed by atoms with van der Waals surface area (Å²) in [5.41, 5.74) is 11.6. The normalized spacial score (nSPS) is 14.4. The van der Waals surface area contributed by atoms with Crippen LogP contribution >= 0.6 is 11.3 Å². The largest absolute Gasteiger partial charge is 0.366 e. The lowest BCUT2D eigenvalue weighted by atomic mass is 10.1. The highest BCUT2D eigenvalue weighted by Gasteiger charge is 2.17. The van der Waals surface area contributed by atoms with Crippen LogP contribution in [0.4, 0.5) is 15.6 Å².